The van der Waals surface area contributed by atoms with Crippen molar-refractivity contribution in [2.75, 3.05) is 64.9 Å². The Labute approximate surface area is 454 Å². The molecule has 0 aromatic heterocycles. The van der Waals surface area contributed by atoms with Crippen molar-refractivity contribution >= 4 is 40.3 Å². The summed E-state index contributed by atoms with van der Waals surface area (Å²) in [6.45, 7) is 21.5. The summed E-state index contributed by atoms with van der Waals surface area (Å²) in [4.78, 5) is 43.2. The van der Waals surface area contributed by atoms with Crippen LogP contribution in [0, 0.1) is 30.6 Å². The van der Waals surface area contributed by atoms with Gasteiger partial charge in [0.15, 0.2) is 5.75 Å². The van der Waals surface area contributed by atoms with Gasteiger partial charge in [-0.05, 0) is 45.6 Å². The fourth-order valence-electron chi connectivity index (χ4n) is 10.7. The second-order valence-electron chi connectivity index (χ2n) is 21.3. The minimum absolute atomic E-state index is 0.0631. The molecular weight excluding hydrogens is 993 g/mol. The number of allylic oxidation sites excluding steroid dienone is 2. The van der Waals surface area contributed by atoms with Crippen LogP contribution in [0.2, 0.25) is 0 Å². The van der Waals surface area contributed by atoms with Gasteiger partial charge in [-0.25, -0.2) is 0 Å². The number of aliphatic hydroxyl groups excluding tert-OH is 4. The number of rotatable bonds is 14. The largest absolute Gasteiger partial charge is 0.507 e. The summed E-state index contributed by atoms with van der Waals surface area (Å²) in [5.41, 5.74) is -0.293. The maximum Gasteiger partial charge on any atom is 0.312 e. The van der Waals surface area contributed by atoms with Crippen LogP contribution in [0.1, 0.15) is 122 Å². The van der Waals surface area contributed by atoms with Gasteiger partial charge in [-0.1, -0.05) is 72.6 Å². The standard InChI is InChI=1S/C47H64N4O12.C10H24N2O2/c1-24-13-12-14-25(2)46(59)49-37-32(23-48-51-20-18-50(19-21-51)31-15-10-11-16-31)41(56)34-35(42(37)57)40(55)29(6)44-36(34)45(58)47(8,63-44)61-22-17-33(60-9)26(3)43(62-30(7)52)28(5)39(54)27(4)38(24)53;1-3-9(7-13)11-5-6-12-10(4-2)8-14/h12-14,17,22-24,26-28,31,33,38-39,43,53-57H,10-11,15-16,18-21H2,1-9H3,(H,49,59);9-14H,3-8H2,1-2H3/b13-12+,22-17+,25-14-,48-23+;/t24-,26+,27+,28+,33-,38-,39+,43+,47-;9-,10-/m00/s1. The molecular formula is C57H88N6O14. The lowest BCUT2D eigenvalue weighted by atomic mass is 9.78. The zero-order valence-corrected chi connectivity index (χ0v) is 47.0. The highest BCUT2D eigenvalue weighted by atomic mass is 16.7. The van der Waals surface area contributed by atoms with Gasteiger partial charge in [0, 0.05) is 119 Å². The van der Waals surface area contributed by atoms with Gasteiger partial charge in [0.25, 0.3) is 11.7 Å². The van der Waals surface area contributed by atoms with Crippen LogP contribution in [-0.2, 0) is 23.8 Å². The van der Waals surface area contributed by atoms with E-state index in [4.69, 9.17) is 29.2 Å². The Balaban J connectivity index is 0.000000684. The second-order valence-corrected chi connectivity index (χ2v) is 21.3. The highest BCUT2D eigenvalue weighted by Crippen LogP contribution is 2.55. The highest BCUT2D eigenvalue weighted by molar-refractivity contribution is 6.23. The maximum absolute atomic E-state index is 14.5. The van der Waals surface area contributed by atoms with Crippen LogP contribution in [0.15, 0.2) is 41.2 Å². The van der Waals surface area contributed by atoms with Gasteiger partial charge >= 0.3 is 11.8 Å². The van der Waals surface area contributed by atoms with E-state index in [1.165, 1.54) is 85.1 Å². The normalized spacial score (nSPS) is 29.3. The number of Topliss-reactive ketones (excluding diaryl/α,β-unsaturated/α-hetero) is 1. The number of phenolic OH excluding ortho intramolecular Hbond substituents is 3. The van der Waals surface area contributed by atoms with E-state index in [1.54, 1.807) is 39.8 Å². The summed E-state index contributed by atoms with van der Waals surface area (Å²) in [6.07, 6.45) is 11.6. The molecule has 1 saturated heterocycles. The molecule has 7 rings (SSSR count). The van der Waals surface area contributed by atoms with E-state index >= 15 is 0 Å². The lowest BCUT2D eigenvalue weighted by Gasteiger charge is -2.38. The van der Waals surface area contributed by atoms with Gasteiger partial charge in [0.2, 0.25) is 0 Å². The number of anilines is 1. The minimum Gasteiger partial charge on any atom is -0.507 e. The van der Waals surface area contributed by atoms with E-state index in [9.17, 15) is 39.9 Å². The van der Waals surface area contributed by atoms with Crippen LogP contribution in [0.5, 0.6) is 23.0 Å². The number of aromatic hydroxyl groups is 3. The summed E-state index contributed by atoms with van der Waals surface area (Å²) in [6, 6.07) is 0.953. The van der Waals surface area contributed by atoms with Crippen molar-refractivity contribution in [3.05, 3.63) is 52.8 Å². The van der Waals surface area contributed by atoms with Crippen LogP contribution < -0.4 is 20.7 Å². The number of benzene rings is 2. The van der Waals surface area contributed by atoms with Crippen LogP contribution in [0.4, 0.5) is 5.69 Å². The number of nitrogens with one attached hydrogen (secondary N) is 3. The third-order valence-electron chi connectivity index (χ3n) is 15.9. The molecule has 0 radical (unpaired) electrons. The van der Waals surface area contributed by atoms with Gasteiger partial charge in [-0.2, -0.15) is 5.10 Å². The van der Waals surface area contributed by atoms with E-state index in [1.807, 2.05) is 18.9 Å². The molecule has 1 aliphatic carbocycles. The molecule has 11 atom stereocenters. The van der Waals surface area contributed by atoms with Crippen molar-refractivity contribution in [3.63, 3.8) is 0 Å². The van der Waals surface area contributed by atoms with Gasteiger partial charge in [0.05, 0.1) is 66.2 Å². The van der Waals surface area contributed by atoms with Crippen molar-refractivity contribution in [2.45, 2.75) is 156 Å². The first-order valence-electron chi connectivity index (χ1n) is 27.4. The molecule has 1 saturated carbocycles. The van der Waals surface area contributed by atoms with Crippen molar-refractivity contribution < 1.29 is 69.1 Å². The summed E-state index contributed by atoms with van der Waals surface area (Å²) in [7, 11) is 1.44. The van der Waals surface area contributed by atoms with Crippen LogP contribution in [0.25, 0.3) is 10.8 Å². The van der Waals surface area contributed by atoms with Crippen molar-refractivity contribution in [1.29, 1.82) is 0 Å². The Kier molecular flexibility index (Phi) is 23.2. The number of hydrogen-bond donors (Lipinski definition) is 10. The van der Waals surface area contributed by atoms with E-state index < -0.39 is 88.8 Å². The number of piperazine rings is 1. The summed E-state index contributed by atoms with van der Waals surface area (Å²) in [5, 5.41) is 91.8. The average Bonchev–Trinajstić information content (AvgIpc) is 4.07. The van der Waals surface area contributed by atoms with E-state index in [0.29, 0.717) is 19.1 Å². The van der Waals surface area contributed by atoms with Crippen LogP contribution >= 0.6 is 0 Å². The second kappa shape index (κ2) is 28.5. The first-order chi connectivity index (χ1) is 36.6. The maximum atomic E-state index is 14.5. The molecule has 20 heteroatoms. The molecule has 2 aromatic carbocycles. The van der Waals surface area contributed by atoms with Gasteiger partial charge in [0.1, 0.15) is 23.4 Å². The Morgan fingerprint density at radius 1 is 0.883 bits per heavy atom. The SMILES string of the molecule is CC[C@@H](CO)NCCN[C@@H](CC)CO.CO[C@H]1/C=C/O[C@@]2(C)Oc3c(C)c(O)c4c(O)c(c(/C=N/N5CCN(C6CCCC6)CC5)c(O)c4c3C2=O)NC(=O)/C(C)=C\C=C\[C@H](C)[C@H](O)[C@@H](C)[C@@H](O)[C@@H](C)[C@H](OC(C)=O)[C@@H]1C. The zero-order valence-electron chi connectivity index (χ0n) is 47.0. The Morgan fingerprint density at radius 3 is 2.05 bits per heavy atom. The van der Waals surface area contributed by atoms with Crippen molar-refractivity contribution in [2.24, 2.45) is 28.8 Å². The highest BCUT2D eigenvalue weighted by Gasteiger charge is 2.50. The van der Waals surface area contributed by atoms with Crippen molar-refractivity contribution in [3.8, 4) is 23.0 Å². The number of ketones is 1. The molecule has 2 aromatic rings. The third kappa shape index (κ3) is 14.9. The van der Waals surface area contributed by atoms with Crippen molar-refractivity contribution in [1.82, 2.24) is 20.5 Å². The molecule has 4 heterocycles. The van der Waals surface area contributed by atoms with Gasteiger partial charge < -0.3 is 70.6 Å². The first kappa shape index (κ1) is 62.5. The molecule has 5 aliphatic rings. The van der Waals surface area contributed by atoms with E-state index in [0.717, 1.165) is 39.0 Å². The number of nitrogens with zero attached hydrogens (tertiary/aromatic N) is 3. The third-order valence-corrected chi connectivity index (χ3v) is 15.9. The first-order valence-corrected chi connectivity index (χ1v) is 27.4. The number of esters is 1. The fourth-order valence-corrected chi connectivity index (χ4v) is 10.7. The summed E-state index contributed by atoms with van der Waals surface area (Å²) in [5.74, 6) is -8.28. The Hall–Kier alpha value is -5.32. The van der Waals surface area contributed by atoms with Crippen LogP contribution in [0.3, 0.4) is 0 Å². The lowest BCUT2D eigenvalue weighted by Crippen LogP contribution is -2.47. The number of aliphatic hydroxyl groups is 4. The monoisotopic (exact) mass is 1080 g/mol. The molecule has 20 nitrogen and oxygen atoms in total. The molecule has 0 spiro atoms. The summed E-state index contributed by atoms with van der Waals surface area (Å²) >= 11 is 0. The number of methoxy groups -OCH3 is 1. The Bertz CT molecular complexity index is 2430. The zero-order chi connectivity index (χ0) is 56.9. The molecule has 5 bridgehead atoms. The molecule has 10 N–H and O–H groups in total. The average molecular weight is 1080 g/mol. The number of carbonyl (C=O) groups is 3. The lowest BCUT2D eigenvalue weighted by molar-refractivity contribution is -0.160. The summed E-state index contributed by atoms with van der Waals surface area (Å²) < 4.78 is 23.7. The molecule has 2 fully saturated rings. The smallest absolute Gasteiger partial charge is 0.312 e. The number of carbonyl (C=O) groups excluding carboxylic acids is 3. The minimum atomic E-state index is -2.04. The van der Waals surface area contributed by atoms with Crippen LogP contribution in [-0.4, -0.2) is 177 Å². The molecule has 430 valence electrons. The quantitative estimate of drug-likeness (QED) is 0.0375. The van der Waals surface area contributed by atoms with E-state index in [2.05, 4.69) is 26.0 Å². The fraction of sp³-hybridized carbons (Fsp3) is 0.649. The molecule has 77 heavy (non-hydrogen) atoms. The number of fused-ring (bicyclic) bond motifs is 14. The van der Waals surface area contributed by atoms with Gasteiger partial charge in [-0.3, -0.25) is 24.3 Å². The number of phenols is 3. The molecule has 4 aliphatic heterocycles. The molecule has 0 unspecified atom stereocenters. The number of ether oxygens (including phenoxy) is 4. The topological polar surface area (TPSA) is 285 Å². The number of amides is 1. The predicted molar refractivity (Wildman–Crippen MR) is 295 cm³/mol. The van der Waals surface area contributed by atoms with Gasteiger partial charge in [-0.15, -0.1) is 0 Å². The number of hydrogen-bond acceptors (Lipinski definition) is 19. The predicted octanol–water partition coefficient (Wildman–Crippen LogP) is 5.36. The number of hydrazone groups is 1. The van der Waals surface area contributed by atoms with E-state index in [-0.39, 0.29) is 69.8 Å². The molecule has 1 amide bonds. The Morgan fingerprint density at radius 2 is 1.49 bits per heavy atom.